The molecule has 5 N–H and O–H groups in total. The minimum absolute atomic E-state index is 0.0556. The number of rotatable bonds is 5. The minimum atomic E-state index is -1.67. The van der Waals surface area contributed by atoms with Crippen LogP contribution in [0, 0.1) is 36.0 Å². The van der Waals surface area contributed by atoms with Gasteiger partial charge in [0.1, 0.15) is 41.4 Å². The normalized spacial score (nSPS) is 35.8. The largest absolute Gasteiger partial charge is 0.506 e. The van der Waals surface area contributed by atoms with Crippen LogP contribution in [0.2, 0.25) is 0 Å². The number of aromatic carboxylic acids is 1. The number of aromatic hydroxyl groups is 1. The second kappa shape index (κ2) is 14.4. The molecule has 5 fully saturated rings. The average molecular weight is 733 g/mol. The summed E-state index contributed by atoms with van der Waals surface area (Å²) in [4.78, 5) is 24.5. The highest BCUT2D eigenvalue weighted by Crippen LogP contribution is 2.59. The molecule has 0 amide bonds. The monoisotopic (exact) mass is 732 g/mol. The fraction of sp³-hybridized carbons (Fsp3) is 0.676. The van der Waals surface area contributed by atoms with Crippen LogP contribution in [0.4, 0.5) is 0 Å². The maximum absolute atomic E-state index is 12.4. The lowest BCUT2D eigenvalue weighted by Gasteiger charge is -2.54. The summed E-state index contributed by atoms with van der Waals surface area (Å²) in [6, 6.07) is 4.13. The highest BCUT2D eigenvalue weighted by molar-refractivity contribution is 8.76. The molecule has 0 aromatic heterocycles. The number of carbonyl (C=O) groups is 2. The molecule has 2 aliphatic carbocycles. The molecule has 2 spiro atoms. The Morgan fingerprint density at radius 3 is 2.48 bits per heavy atom. The Bertz CT molecular complexity index is 1610. The van der Waals surface area contributed by atoms with Crippen molar-refractivity contribution < 1.29 is 54.1 Å². The lowest BCUT2D eigenvalue weighted by atomic mass is 9.55. The minimum Gasteiger partial charge on any atom is -0.506 e. The van der Waals surface area contributed by atoms with Crippen LogP contribution >= 0.6 is 21.6 Å². The number of Topliss-reactive ketones (excluding diaryl/α,β-unsaturated/α-hetero) is 1. The number of carboxylic acid groups (broad SMARTS) is 1. The fourth-order valence-corrected chi connectivity index (χ4v) is 12.3. The zero-order valence-corrected chi connectivity index (χ0v) is 30.2. The summed E-state index contributed by atoms with van der Waals surface area (Å²) in [7, 11) is 3.25. The topological polar surface area (TPSA) is 172 Å². The fourth-order valence-electron chi connectivity index (χ4n) is 10.2. The van der Waals surface area contributed by atoms with E-state index in [4.69, 9.17) is 18.9 Å². The SMILES string of the molecule is CC(=O)c1c(C)cc2cc(C(=O)O)cc(O[C@H]3O[C@H](CO)[C@@]4(CC[C@@H]5CC6(CCCC6)C[C@H]6COC[C@H](CSSCO4)[C@@H]56)[C@H](O)[C@H]3O)c2c1O. The molecule has 2 aromatic rings. The average Bonchev–Trinajstić information content (AvgIpc) is 3.51. The number of benzene rings is 2. The number of carbonyl (C=O) groups excluding carboxylic acids is 1. The highest BCUT2D eigenvalue weighted by Gasteiger charge is 2.59. The van der Waals surface area contributed by atoms with Gasteiger partial charge >= 0.3 is 5.97 Å². The summed E-state index contributed by atoms with van der Waals surface area (Å²) in [5.41, 5.74) is -0.781. The highest BCUT2D eigenvalue weighted by atomic mass is 33.1. The van der Waals surface area contributed by atoms with Gasteiger partial charge in [-0.05, 0) is 105 Å². The van der Waals surface area contributed by atoms with E-state index in [1.165, 1.54) is 62.0 Å². The van der Waals surface area contributed by atoms with Gasteiger partial charge in [-0.3, -0.25) is 4.79 Å². The Hall–Kier alpha value is -2.10. The van der Waals surface area contributed by atoms with Crippen molar-refractivity contribution >= 4 is 44.1 Å². The third-order valence-electron chi connectivity index (χ3n) is 12.3. The number of ketones is 1. The van der Waals surface area contributed by atoms with Gasteiger partial charge in [-0.2, -0.15) is 0 Å². The molecule has 0 radical (unpaired) electrons. The van der Waals surface area contributed by atoms with Crippen LogP contribution in [0.5, 0.6) is 11.5 Å². The first-order valence-corrected chi connectivity index (χ1v) is 20.3. The van der Waals surface area contributed by atoms with Crippen molar-refractivity contribution in [2.24, 2.45) is 29.1 Å². The van der Waals surface area contributed by atoms with Crippen molar-refractivity contribution in [3.63, 3.8) is 0 Å². The van der Waals surface area contributed by atoms with E-state index in [1.807, 2.05) is 0 Å². The molecule has 0 unspecified atom stereocenters. The van der Waals surface area contributed by atoms with Crippen molar-refractivity contribution in [1.29, 1.82) is 0 Å². The first-order valence-electron chi connectivity index (χ1n) is 17.8. The molecular formula is C37H48O11S2. The van der Waals surface area contributed by atoms with Crippen LogP contribution in [0.3, 0.4) is 0 Å². The molecule has 2 aromatic carbocycles. The van der Waals surface area contributed by atoms with Crippen LogP contribution < -0.4 is 4.74 Å². The number of aryl methyl sites for hydroxylation is 1. The van der Waals surface area contributed by atoms with E-state index in [-0.39, 0.29) is 34.0 Å². The van der Waals surface area contributed by atoms with Gasteiger partial charge in [0.2, 0.25) is 6.29 Å². The van der Waals surface area contributed by atoms with Gasteiger partial charge in [-0.1, -0.05) is 40.5 Å². The van der Waals surface area contributed by atoms with Crippen LogP contribution in [0.25, 0.3) is 10.8 Å². The second-order valence-corrected chi connectivity index (χ2v) is 17.7. The van der Waals surface area contributed by atoms with E-state index >= 15 is 0 Å². The van der Waals surface area contributed by atoms with Gasteiger partial charge in [0.05, 0.1) is 29.7 Å². The summed E-state index contributed by atoms with van der Waals surface area (Å²) >= 11 is 0. The Kier molecular flexibility index (Phi) is 10.4. The number of hydrogen-bond acceptors (Lipinski definition) is 12. The first kappa shape index (κ1) is 36.3. The zero-order chi connectivity index (χ0) is 35.4. The van der Waals surface area contributed by atoms with Gasteiger partial charge in [-0.15, -0.1) is 0 Å². The van der Waals surface area contributed by atoms with Crippen LogP contribution in [0.1, 0.15) is 84.6 Å². The van der Waals surface area contributed by atoms with E-state index in [0.717, 1.165) is 31.8 Å². The quantitative estimate of drug-likeness (QED) is 0.198. The van der Waals surface area contributed by atoms with E-state index in [2.05, 4.69) is 0 Å². The second-order valence-electron chi connectivity index (χ2n) is 15.2. The van der Waals surface area contributed by atoms with Gasteiger partial charge in [0.25, 0.3) is 0 Å². The smallest absolute Gasteiger partial charge is 0.335 e. The number of phenolic OH excluding ortho intramolecular Hbond substituents is 1. The Morgan fingerprint density at radius 2 is 1.76 bits per heavy atom. The number of phenols is 1. The molecule has 5 aliphatic rings. The molecule has 3 saturated heterocycles. The van der Waals surface area contributed by atoms with Crippen molar-refractivity contribution in [2.75, 3.05) is 31.5 Å². The number of aliphatic hydroxyl groups excluding tert-OH is 3. The molecule has 0 bridgehead atoms. The van der Waals surface area contributed by atoms with Gasteiger partial charge in [-0.25, -0.2) is 4.79 Å². The maximum atomic E-state index is 12.4. The first-order chi connectivity index (χ1) is 24.0. The summed E-state index contributed by atoms with van der Waals surface area (Å²) in [5, 5.41) is 56.0. The Labute approximate surface area is 299 Å². The van der Waals surface area contributed by atoms with Crippen molar-refractivity contribution in [2.45, 2.75) is 95.4 Å². The molecule has 9 atom stereocenters. The van der Waals surface area contributed by atoms with Crippen LogP contribution in [-0.4, -0.2) is 99.0 Å². The van der Waals surface area contributed by atoms with Gasteiger partial charge < -0.3 is 44.5 Å². The number of fused-ring (bicyclic) bond motifs is 1. The summed E-state index contributed by atoms with van der Waals surface area (Å²) in [6.45, 7) is 3.95. The number of carboxylic acids is 1. The molecule has 274 valence electrons. The molecule has 50 heavy (non-hydrogen) atoms. The molecular weight excluding hydrogens is 685 g/mol. The van der Waals surface area contributed by atoms with Gasteiger partial charge in [0.15, 0.2) is 5.78 Å². The molecule has 3 heterocycles. The third-order valence-corrected chi connectivity index (χ3v) is 14.5. The number of ether oxygens (including phenoxy) is 4. The lowest BCUT2D eigenvalue weighted by Crippen LogP contribution is -2.69. The lowest BCUT2D eigenvalue weighted by molar-refractivity contribution is -0.323. The van der Waals surface area contributed by atoms with E-state index in [1.54, 1.807) is 23.8 Å². The van der Waals surface area contributed by atoms with Crippen molar-refractivity contribution in [3.05, 3.63) is 34.9 Å². The van der Waals surface area contributed by atoms with Crippen molar-refractivity contribution in [1.82, 2.24) is 0 Å². The maximum Gasteiger partial charge on any atom is 0.335 e. The molecule has 7 rings (SSSR count). The van der Waals surface area contributed by atoms with Crippen LogP contribution in [-0.2, 0) is 14.2 Å². The van der Waals surface area contributed by atoms with E-state index in [9.17, 15) is 35.1 Å². The Balaban J connectivity index is 1.21. The standard InChI is InChI=1S/C37H48O11S2/c1-19-9-22-10-23(34(43)44)11-26(30(22)31(40)28(19)20(2)39)47-35-32(41)33(42)37(27(14-38)48-35)8-5-21-12-36(6-3-4-7-36)13-24-15-45-16-25(29(21)24)17-49-50-18-46-37/h9-11,21,24-25,27,29,32-33,35,38,40-42H,3-8,12-18H2,1-2H3,(H,43,44)/t21-,24+,25-,27-,29+,32-,33-,35+,37+/m1/s1. The molecule has 3 aliphatic heterocycles. The van der Waals surface area contributed by atoms with Crippen LogP contribution in [0.15, 0.2) is 18.2 Å². The van der Waals surface area contributed by atoms with Crippen molar-refractivity contribution in [3.8, 4) is 11.5 Å². The summed E-state index contributed by atoms with van der Waals surface area (Å²) in [5.74, 6) is 0.715. The van der Waals surface area contributed by atoms with E-state index < -0.39 is 48.6 Å². The predicted octanol–water partition coefficient (Wildman–Crippen LogP) is 5.31. The molecule has 11 nitrogen and oxygen atoms in total. The number of hydrogen-bond donors (Lipinski definition) is 5. The summed E-state index contributed by atoms with van der Waals surface area (Å²) in [6.07, 6.45) is 2.50. The van der Waals surface area contributed by atoms with Gasteiger partial charge in [0, 0.05) is 12.4 Å². The molecule has 2 saturated carbocycles. The zero-order valence-electron chi connectivity index (χ0n) is 28.5. The third kappa shape index (κ3) is 6.44. The molecule has 13 heteroatoms. The Morgan fingerprint density at radius 1 is 1.02 bits per heavy atom. The predicted molar refractivity (Wildman–Crippen MR) is 189 cm³/mol. The summed E-state index contributed by atoms with van der Waals surface area (Å²) < 4.78 is 25.1. The number of aliphatic hydroxyl groups is 3. The van der Waals surface area contributed by atoms with E-state index in [0.29, 0.717) is 46.5 Å².